The van der Waals surface area contributed by atoms with Crippen molar-refractivity contribution < 1.29 is 0 Å². The highest BCUT2D eigenvalue weighted by Gasteiger charge is 2.36. The Morgan fingerprint density at radius 2 is 0.836 bits per heavy atom. The minimum Gasteiger partial charge on any atom is -0.228 e. The van der Waals surface area contributed by atoms with E-state index in [0.717, 1.165) is 33.9 Å². The van der Waals surface area contributed by atoms with Gasteiger partial charge in [0, 0.05) is 22.1 Å². The third-order valence-electron chi connectivity index (χ3n) is 11.9. The number of hydrogen-bond acceptors (Lipinski definition) is 2. The Kier molecular flexibility index (Phi) is 6.93. The molecule has 0 spiro atoms. The number of hydrogen-bond donors (Lipinski definition) is 0. The van der Waals surface area contributed by atoms with Crippen molar-refractivity contribution in [3.63, 3.8) is 0 Å². The standard InChI is InChI=1S/C53H36N2/c1-53(2)46-30-40(33-16-18-35(19-17-33)49-32-48(34-10-5-3-6-11-34)54-52(55-49)39-12-7-4-8-13-39)24-27-43(46)44-28-25-41(31-47(44)53)42-26-22-38-21-20-36-14-9-15-37-23-29-45(42)51(38)50(36)37/h3-32H,1-2H3. The van der Waals surface area contributed by atoms with Gasteiger partial charge in [-0.15, -0.1) is 0 Å². The third-order valence-corrected chi connectivity index (χ3v) is 11.9. The Balaban J connectivity index is 0.946. The number of aromatic nitrogens is 2. The lowest BCUT2D eigenvalue weighted by Crippen LogP contribution is -2.15. The molecule has 258 valence electrons. The molecule has 1 aliphatic rings. The summed E-state index contributed by atoms with van der Waals surface area (Å²) in [5.41, 5.74) is 15.2. The van der Waals surface area contributed by atoms with Gasteiger partial charge in [-0.2, -0.15) is 0 Å². The fraction of sp³-hybridized carbons (Fsp3) is 0.0566. The number of rotatable bonds is 5. The van der Waals surface area contributed by atoms with E-state index in [1.807, 2.05) is 24.3 Å². The molecule has 1 heterocycles. The summed E-state index contributed by atoms with van der Waals surface area (Å²) in [6, 6.07) is 66.0. The van der Waals surface area contributed by atoms with Gasteiger partial charge in [0.1, 0.15) is 0 Å². The van der Waals surface area contributed by atoms with Gasteiger partial charge in [-0.1, -0.05) is 178 Å². The van der Waals surface area contributed by atoms with E-state index < -0.39 is 0 Å². The lowest BCUT2D eigenvalue weighted by Gasteiger charge is -2.23. The maximum absolute atomic E-state index is 5.05. The second kappa shape index (κ2) is 12.1. The summed E-state index contributed by atoms with van der Waals surface area (Å²) in [5.74, 6) is 0.726. The SMILES string of the molecule is CC1(C)c2cc(-c3ccc(-c4cc(-c5ccccc5)nc(-c5ccccc5)n4)cc3)ccc2-c2ccc(-c3ccc4ccc5cccc6ccc3c4c56)cc21. The minimum absolute atomic E-state index is 0.150. The van der Waals surface area contributed by atoms with Crippen LogP contribution >= 0.6 is 0 Å². The molecule has 0 N–H and O–H groups in total. The van der Waals surface area contributed by atoms with Crippen molar-refractivity contribution in [1.29, 1.82) is 0 Å². The van der Waals surface area contributed by atoms with Crippen LogP contribution in [0.5, 0.6) is 0 Å². The first kappa shape index (κ1) is 31.6. The summed E-state index contributed by atoms with van der Waals surface area (Å²) < 4.78 is 0. The second-order valence-corrected chi connectivity index (χ2v) is 15.4. The lowest BCUT2D eigenvalue weighted by atomic mass is 9.80. The molecule has 1 aliphatic carbocycles. The molecule has 11 rings (SSSR count). The van der Waals surface area contributed by atoms with Gasteiger partial charge in [-0.3, -0.25) is 0 Å². The fourth-order valence-corrected chi connectivity index (χ4v) is 8.97. The van der Waals surface area contributed by atoms with E-state index in [1.165, 1.54) is 76.8 Å². The maximum atomic E-state index is 5.05. The zero-order chi connectivity index (χ0) is 36.7. The molecule has 0 aliphatic heterocycles. The lowest BCUT2D eigenvalue weighted by molar-refractivity contribution is 0.661. The van der Waals surface area contributed by atoms with E-state index in [-0.39, 0.29) is 5.41 Å². The molecule has 0 bridgehead atoms. The highest BCUT2D eigenvalue weighted by atomic mass is 14.9. The largest absolute Gasteiger partial charge is 0.228 e. The topological polar surface area (TPSA) is 25.8 Å². The summed E-state index contributed by atoms with van der Waals surface area (Å²) in [5, 5.41) is 7.93. The minimum atomic E-state index is -0.150. The van der Waals surface area contributed by atoms with Crippen LogP contribution in [0.3, 0.4) is 0 Å². The van der Waals surface area contributed by atoms with Crippen LogP contribution in [-0.4, -0.2) is 9.97 Å². The van der Waals surface area contributed by atoms with Crippen LogP contribution < -0.4 is 0 Å². The van der Waals surface area contributed by atoms with E-state index in [1.54, 1.807) is 0 Å². The highest BCUT2D eigenvalue weighted by Crippen LogP contribution is 2.51. The Morgan fingerprint density at radius 1 is 0.345 bits per heavy atom. The molecule has 0 unspecified atom stereocenters. The van der Waals surface area contributed by atoms with Crippen molar-refractivity contribution in [1.82, 2.24) is 9.97 Å². The molecule has 55 heavy (non-hydrogen) atoms. The first-order valence-corrected chi connectivity index (χ1v) is 19.1. The van der Waals surface area contributed by atoms with Gasteiger partial charge in [0.15, 0.2) is 5.82 Å². The molecule has 2 heteroatoms. The van der Waals surface area contributed by atoms with Crippen molar-refractivity contribution in [3.05, 3.63) is 193 Å². The van der Waals surface area contributed by atoms with Crippen LogP contribution in [0.2, 0.25) is 0 Å². The molecular formula is C53H36N2. The molecule has 0 atom stereocenters. The quantitative estimate of drug-likeness (QED) is 0.167. The van der Waals surface area contributed by atoms with Crippen LogP contribution in [-0.2, 0) is 5.41 Å². The van der Waals surface area contributed by atoms with Crippen molar-refractivity contribution in [3.8, 4) is 67.3 Å². The van der Waals surface area contributed by atoms with E-state index >= 15 is 0 Å². The zero-order valence-corrected chi connectivity index (χ0v) is 30.7. The molecule has 1 aromatic heterocycles. The molecule has 9 aromatic carbocycles. The zero-order valence-electron chi connectivity index (χ0n) is 30.7. The van der Waals surface area contributed by atoms with Gasteiger partial charge in [0.2, 0.25) is 0 Å². The van der Waals surface area contributed by atoms with E-state index in [2.05, 4.69) is 172 Å². The molecular weight excluding hydrogens is 665 g/mol. The Hall–Kier alpha value is -6.90. The summed E-state index contributed by atoms with van der Waals surface area (Å²) in [6.45, 7) is 4.75. The van der Waals surface area contributed by atoms with Gasteiger partial charge < -0.3 is 0 Å². The Bertz CT molecular complexity index is 3010. The highest BCUT2D eigenvalue weighted by molar-refractivity contribution is 6.25. The van der Waals surface area contributed by atoms with Gasteiger partial charge >= 0.3 is 0 Å². The average molecular weight is 701 g/mol. The summed E-state index contributed by atoms with van der Waals surface area (Å²) in [4.78, 5) is 10.0. The van der Waals surface area contributed by atoms with E-state index in [4.69, 9.17) is 9.97 Å². The molecule has 0 amide bonds. The predicted octanol–water partition coefficient (Wildman–Crippen LogP) is 14.0. The van der Waals surface area contributed by atoms with Crippen LogP contribution in [0.4, 0.5) is 0 Å². The van der Waals surface area contributed by atoms with Crippen LogP contribution in [0.1, 0.15) is 25.0 Å². The van der Waals surface area contributed by atoms with Gasteiger partial charge in [-0.25, -0.2) is 9.97 Å². The van der Waals surface area contributed by atoms with E-state index in [0.29, 0.717) is 0 Å². The summed E-state index contributed by atoms with van der Waals surface area (Å²) in [6.07, 6.45) is 0. The van der Waals surface area contributed by atoms with Crippen LogP contribution in [0.25, 0.3) is 99.6 Å². The maximum Gasteiger partial charge on any atom is 0.160 e. The molecule has 2 nitrogen and oxygen atoms in total. The second-order valence-electron chi connectivity index (χ2n) is 15.4. The van der Waals surface area contributed by atoms with Gasteiger partial charge in [0.25, 0.3) is 0 Å². The number of nitrogens with zero attached hydrogens (tertiary/aromatic N) is 2. The molecule has 10 aromatic rings. The first-order chi connectivity index (χ1) is 27.0. The monoisotopic (exact) mass is 700 g/mol. The smallest absolute Gasteiger partial charge is 0.160 e. The van der Waals surface area contributed by atoms with Crippen LogP contribution in [0, 0.1) is 0 Å². The Labute approximate surface area is 320 Å². The van der Waals surface area contributed by atoms with Crippen molar-refractivity contribution in [2.45, 2.75) is 19.3 Å². The van der Waals surface area contributed by atoms with Crippen molar-refractivity contribution >= 4 is 32.3 Å². The summed E-state index contributed by atoms with van der Waals surface area (Å²) in [7, 11) is 0. The van der Waals surface area contributed by atoms with Crippen LogP contribution in [0.15, 0.2) is 182 Å². The van der Waals surface area contributed by atoms with Gasteiger partial charge in [0.05, 0.1) is 11.4 Å². The summed E-state index contributed by atoms with van der Waals surface area (Å²) >= 11 is 0. The van der Waals surface area contributed by atoms with Crippen molar-refractivity contribution in [2.75, 3.05) is 0 Å². The molecule has 0 radical (unpaired) electrons. The normalized spacial score (nSPS) is 13.1. The first-order valence-electron chi connectivity index (χ1n) is 19.1. The Morgan fingerprint density at radius 3 is 1.51 bits per heavy atom. The third kappa shape index (κ3) is 5.02. The van der Waals surface area contributed by atoms with Gasteiger partial charge in [-0.05, 0) is 95.0 Å². The molecule has 0 saturated heterocycles. The molecule has 0 fully saturated rings. The number of benzene rings is 9. The average Bonchev–Trinajstić information content (AvgIpc) is 3.48. The fourth-order valence-electron chi connectivity index (χ4n) is 8.97. The predicted molar refractivity (Wildman–Crippen MR) is 230 cm³/mol. The number of fused-ring (bicyclic) bond motifs is 3. The van der Waals surface area contributed by atoms with Crippen molar-refractivity contribution in [2.24, 2.45) is 0 Å². The molecule has 0 saturated carbocycles. The van der Waals surface area contributed by atoms with E-state index in [9.17, 15) is 0 Å².